The fourth-order valence-electron chi connectivity index (χ4n) is 1.80. The number of H-pyrrole nitrogens is 1. The van der Waals surface area contributed by atoms with Crippen LogP contribution in [0.1, 0.15) is 12.6 Å². The second-order valence-electron chi connectivity index (χ2n) is 4.69. The fourth-order valence-corrected chi connectivity index (χ4v) is 1.80. The Morgan fingerprint density at radius 1 is 1.30 bits per heavy atom. The fraction of sp³-hybridized carbons (Fsp3) is 0.105. The number of hydrogen-bond donors (Lipinski definition) is 1. The van der Waals surface area contributed by atoms with Crippen molar-refractivity contribution < 1.29 is 9.47 Å². The number of benzene rings is 1. The maximum Gasteiger partial charge on any atom is 0.224 e. The lowest BCUT2D eigenvalue weighted by Gasteiger charge is -2.08. The molecule has 4 heteroatoms. The van der Waals surface area contributed by atoms with E-state index in [0.717, 1.165) is 5.75 Å². The largest absolute Gasteiger partial charge is 0.487 e. The lowest BCUT2D eigenvalue weighted by Crippen LogP contribution is -2.10. The number of rotatable bonds is 7. The van der Waals surface area contributed by atoms with Crippen LogP contribution < -0.4 is 14.9 Å². The third-order valence-corrected chi connectivity index (χ3v) is 2.96. The lowest BCUT2D eigenvalue weighted by molar-refractivity contribution is 0.300. The Morgan fingerprint density at radius 2 is 2.09 bits per heavy atom. The van der Waals surface area contributed by atoms with E-state index >= 15 is 0 Å². The number of pyridine rings is 1. The molecule has 0 spiro atoms. The molecule has 4 nitrogen and oxygen atoms in total. The molecule has 0 saturated carbocycles. The highest BCUT2D eigenvalue weighted by Crippen LogP contribution is 2.12. The van der Waals surface area contributed by atoms with Gasteiger partial charge >= 0.3 is 0 Å². The van der Waals surface area contributed by atoms with Gasteiger partial charge in [0.05, 0.1) is 5.69 Å². The normalized spacial score (nSPS) is 11.4. The van der Waals surface area contributed by atoms with E-state index in [0.29, 0.717) is 11.5 Å². The Hall–Kier alpha value is -3.01. The van der Waals surface area contributed by atoms with Crippen molar-refractivity contribution >= 4 is 0 Å². The molecular formula is C19H19NO3. The summed E-state index contributed by atoms with van der Waals surface area (Å²) in [6, 6.07) is 10.9. The quantitative estimate of drug-likeness (QED) is 0.622. The van der Waals surface area contributed by atoms with Crippen molar-refractivity contribution in [3.8, 4) is 11.5 Å². The molecule has 118 valence electrons. The molecule has 0 amide bonds. The van der Waals surface area contributed by atoms with Gasteiger partial charge in [-0.1, -0.05) is 36.9 Å². The average Bonchev–Trinajstić information content (AvgIpc) is 2.59. The molecule has 2 rings (SSSR count). The van der Waals surface area contributed by atoms with E-state index in [1.54, 1.807) is 12.2 Å². The number of hydrogen-bond acceptors (Lipinski definition) is 3. The first-order chi connectivity index (χ1) is 11.2. The molecule has 1 aromatic heterocycles. The highest BCUT2D eigenvalue weighted by Gasteiger charge is 2.05. The molecule has 2 aromatic rings. The number of aromatic amines is 1. The van der Waals surface area contributed by atoms with Gasteiger partial charge in [-0.25, -0.2) is 0 Å². The molecule has 0 aliphatic rings. The van der Waals surface area contributed by atoms with Crippen molar-refractivity contribution in [2.75, 3.05) is 0 Å². The zero-order valence-electron chi connectivity index (χ0n) is 13.0. The summed E-state index contributed by atoms with van der Waals surface area (Å²) >= 11 is 0. The zero-order valence-corrected chi connectivity index (χ0v) is 13.0. The summed E-state index contributed by atoms with van der Waals surface area (Å²) in [5.74, 6) is 1.46. The van der Waals surface area contributed by atoms with Gasteiger partial charge in [-0.2, -0.15) is 0 Å². The highest BCUT2D eigenvalue weighted by molar-refractivity contribution is 5.27. The molecule has 0 aliphatic carbocycles. The molecule has 0 aliphatic heterocycles. The molecule has 0 radical (unpaired) electrons. The minimum atomic E-state index is -0.219. The van der Waals surface area contributed by atoms with Crippen LogP contribution in [0.25, 0.3) is 0 Å². The standard InChI is InChI=1S/C19H19NO3/c1-3-5-9-16(4-2)23-19-13-20-15(12-18(19)21)14-22-17-10-7-6-8-11-17/h3-13H,2,14H2,1H3,(H,20,21)/b5-3-,16-9+. The van der Waals surface area contributed by atoms with E-state index in [1.165, 1.54) is 12.3 Å². The van der Waals surface area contributed by atoms with E-state index < -0.39 is 0 Å². The summed E-state index contributed by atoms with van der Waals surface area (Å²) in [5.41, 5.74) is 0.451. The Balaban J connectivity index is 2.05. The first kappa shape index (κ1) is 16.4. The van der Waals surface area contributed by atoms with Crippen LogP contribution in [-0.4, -0.2) is 4.98 Å². The first-order valence-corrected chi connectivity index (χ1v) is 7.25. The van der Waals surface area contributed by atoms with Crippen LogP contribution in [0.4, 0.5) is 0 Å². The van der Waals surface area contributed by atoms with Gasteiger partial charge in [0.2, 0.25) is 5.43 Å². The molecule has 1 heterocycles. The van der Waals surface area contributed by atoms with Crippen LogP contribution >= 0.6 is 0 Å². The Kier molecular flexibility index (Phi) is 6.00. The Bertz CT molecular complexity index is 758. The minimum Gasteiger partial charge on any atom is -0.487 e. The van der Waals surface area contributed by atoms with Crippen LogP contribution in [0.3, 0.4) is 0 Å². The van der Waals surface area contributed by atoms with Crippen molar-refractivity contribution in [3.05, 3.63) is 95.2 Å². The topological polar surface area (TPSA) is 51.3 Å². The third-order valence-electron chi connectivity index (χ3n) is 2.96. The summed E-state index contributed by atoms with van der Waals surface area (Å²) in [7, 11) is 0. The maximum atomic E-state index is 12.1. The smallest absolute Gasteiger partial charge is 0.224 e. The first-order valence-electron chi connectivity index (χ1n) is 7.25. The lowest BCUT2D eigenvalue weighted by atomic mass is 10.3. The summed E-state index contributed by atoms with van der Waals surface area (Å²) in [4.78, 5) is 15.1. The SMILES string of the molecule is C=C/C(=C\C=C/C)Oc1c[nH]c(COc2ccccc2)cc1=O. The minimum absolute atomic E-state index is 0.212. The van der Waals surface area contributed by atoms with Crippen LogP contribution in [0.15, 0.2) is 84.0 Å². The zero-order chi connectivity index (χ0) is 16.5. The predicted molar refractivity (Wildman–Crippen MR) is 91.6 cm³/mol. The van der Waals surface area contributed by atoms with Gasteiger partial charge in [0.1, 0.15) is 18.1 Å². The van der Waals surface area contributed by atoms with Crippen molar-refractivity contribution in [2.24, 2.45) is 0 Å². The van der Waals surface area contributed by atoms with Crippen molar-refractivity contribution in [2.45, 2.75) is 13.5 Å². The van der Waals surface area contributed by atoms with Gasteiger partial charge in [0, 0.05) is 12.3 Å². The van der Waals surface area contributed by atoms with Crippen LogP contribution in [0, 0.1) is 0 Å². The van der Waals surface area contributed by atoms with Crippen LogP contribution in [0.5, 0.6) is 11.5 Å². The number of ether oxygens (including phenoxy) is 2. The highest BCUT2D eigenvalue weighted by atomic mass is 16.5. The number of para-hydroxylation sites is 1. The molecule has 0 atom stereocenters. The molecule has 0 bridgehead atoms. The molecule has 0 saturated heterocycles. The van der Waals surface area contributed by atoms with Gasteiger partial charge in [-0.3, -0.25) is 4.79 Å². The molecule has 1 aromatic carbocycles. The van der Waals surface area contributed by atoms with Crippen LogP contribution in [0.2, 0.25) is 0 Å². The molecule has 23 heavy (non-hydrogen) atoms. The van der Waals surface area contributed by atoms with E-state index in [-0.39, 0.29) is 17.8 Å². The monoisotopic (exact) mass is 309 g/mol. The molecule has 0 fully saturated rings. The van der Waals surface area contributed by atoms with Crippen molar-refractivity contribution in [3.63, 3.8) is 0 Å². The van der Waals surface area contributed by atoms with Crippen molar-refractivity contribution in [1.29, 1.82) is 0 Å². The van der Waals surface area contributed by atoms with Gasteiger partial charge in [0.15, 0.2) is 5.75 Å². The Labute approximate surface area is 135 Å². The predicted octanol–water partition coefficient (Wildman–Crippen LogP) is 3.98. The van der Waals surface area contributed by atoms with E-state index in [2.05, 4.69) is 11.6 Å². The van der Waals surface area contributed by atoms with E-state index in [9.17, 15) is 4.79 Å². The summed E-state index contributed by atoms with van der Waals surface area (Å²) < 4.78 is 11.1. The van der Waals surface area contributed by atoms with Crippen molar-refractivity contribution in [1.82, 2.24) is 4.98 Å². The summed E-state index contributed by atoms with van der Waals surface area (Å²) in [6.45, 7) is 5.84. The third kappa shape index (κ3) is 5.04. The second-order valence-corrected chi connectivity index (χ2v) is 4.69. The van der Waals surface area contributed by atoms with E-state index in [1.807, 2.05) is 49.4 Å². The molecule has 1 N–H and O–H groups in total. The second kappa shape index (κ2) is 8.44. The van der Waals surface area contributed by atoms with Gasteiger partial charge < -0.3 is 14.5 Å². The Morgan fingerprint density at radius 3 is 2.74 bits per heavy atom. The molecule has 0 unspecified atom stereocenters. The number of nitrogens with one attached hydrogen (secondary N) is 1. The average molecular weight is 309 g/mol. The van der Waals surface area contributed by atoms with Gasteiger partial charge in [-0.15, -0.1) is 0 Å². The van der Waals surface area contributed by atoms with Crippen LogP contribution in [-0.2, 0) is 6.61 Å². The number of aromatic nitrogens is 1. The summed E-state index contributed by atoms with van der Waals surface area (Å²) in [6.07, 6.45) is 8.48. The molecular weight excluding hydrogens is 290 g/mol. The maximum absolute atomic E-state index is 12.1. The van der Waals surface area contributed by atoms with Gasteiger partial charge in [0.25, 0.3) is 0 Å². The summed E-state index contributed by atoms with van der Waals surface area (Å²) in [5, 5.41) is 0. The van der Waals surface area contributed by atoms with E-state index in [4.69, 9.17) is 9.47 Å². The number of allylic oxidation sites excluding steroid dienone is 4. The van der Waals surface area contributed by atoms with Gasteiger partial charge in [-0.05, 0) is 31.2 Å².